The lowest BCUT2D eigenvalue weighted by Gasteiger charge is -2.62. The maximum Gasteiger partial charge on any atom is 0.240 e. The molecule has 3 aromatic rings. The van der Waals surface area contributed by atoms with Gasteiger partial charge < -0.3 is 20.7 Å². The molecule has 3 aliphatic carbocycles. The van der Waals surface area contributed by atoms with Gasteiger partial charge in [0.25, 0.3) is 0 Å². The van der Waals surface area contributed by atoms with Crippen molar-refractivity contribution in [3.05, 3.63) is 77.6 Å². The summed E-state index contributed by atoms with van der Waals surface area (Å²) in [5.74, 6) is 2.83. The van der Waals surface area contributed by atoms with Crippen molar-refractivity contribution < 1.29 is 14.4 Å². The molecule has 0 unspecified atom stereocenters. The number of nitrogens with two attached hydrogens (primary N) is 1. The number of pyridine rings is 1. The predicted octanol–water partition coefficient (Wildman–Crippen LogP) is 7.29. The zero-order valence-electron chi connectivity index (χ0n) is 32.2. The molecule has 1 amide bonds. The Hall–Kier alpha value is -3.46. The van der Waals surface area contributed by atoms with Gasteiger partial charge >= 0.3 is 0 Å². The lowest BCUT2D eigenvalue weighted by atomic mass is 9.45. The number of hydrogen-bond donors (Lipinski definition) is 2. The third kappa shape index (κ3) is 7.69. The standard InChI is InChI=1S/C43H61N5O3/c1-27(2)39-38(25-44)51-48(40(39)42(49)46-37-24-32-23-36(28(37)3)43(32,4)5)26-30-15-13-18-35(41(30)50-8)31-20-29(21-34(22-31)47(6)7)14-9-10-16-33-17-11-12-19-45-33/h11-13,15,17-22,27-28,32,36-40H,9-10,14,16,23-26,44H2,1-8H3,(H,46,49)/t28-,32+,36-,37-,38-,39+,40-/m0/s1. The summed E-state index contributed by atoms with van der Waals surface area (Å²) in [6.45, 7) is 12.3. The van der Waals surface area contributed by atoms with Crippen molar-refractivity contribution in [2.75, 3.05) is 32.6 Å². The van der Waals surface area contributed by atoms with Gasteiger partial charge in [0.15, 0.2) is 0 Å². The number of unbranched alkanes of at least 4 members (excludes halogenated alkanes) is 1. The van der Waals surface area contributed by atoms with E-state index < -0.39 is 6.04 Å². The molecule has 7 atom stereocenters. The van der Waals surface area contributed by atoms with Crippen LogP contribution in [0.3, 0.4) is 0 Å². The van der Waals surface area contributed by atoms with Crippen molar-refractivity contribution >= 4 is 11.6 Å². The van der Waals surface area contributed by atoms with E-state index in [1.807, 2.05) is 17.3 Å². The number of para-hydroxylation sites is 1. The Kier molecular flexibility index (Phi) is 11.4. The Labute approximate surface area is 306 Å². The van der Waals surface area contributed by atoms with Crippen LogP contribution < -0.4 is 20.7 Å². The SMILES string of the molecule is COc1c(CN2O[C@@H](CN)[C@@H](C(C)C)[C@H]2C(=O)N[C@H]2C[C@H]3C[C@@H]([C@@H]2C)C3(C)C)cccc1-c1cc(CCCCc2ccccn2)cc(N(C)C)c1. The molecule has 0 spiro atoms. The molecule has 7 rings (SSSR count). The smallest absolute Gasteiger partial charge is 0.240 e. The van der Waals surface area contributed by atoms with Gasteiger partial charge in [-0.1, -0.05) is 65.0 Å². The van der Waals surface area contributed by atoms with E-state index in [2.05, 4.69) is 112 Å². The second-order valence-corrected chi connectivity index (χ2v) is 16.6. The Morgan fingerprint density at radius 1 is 1.10 bits per heavy atom. The average Bonchev–Trinajstić information content (AvgIpc) is 3.49. The number of hydrogen-bond acceptors (Lipinski definition) is 7. The fourth-order valence-corrected chi connectivity index (χ4v) is 9.51. The molecule has 1 saturated heterocycles. The first-order valence-corrected chi connectivity index (χ1v) is 19.2. The van der Waals surface area contributed by atoms with Crippen molar-refractivity contribution in [1.29, 1.82) is 0 Å². The highest BCUT2D eigenvalue weighted by Gasteiger charge is 2.57. The van der Waals surface area contributed by atoms with Crippen molar-refractivity contribution in [2.24, 2.45) is 40.7 Å². The topological polar surface area (TPSA) is 92.9 Å². The summed E-state index contributed by atoms with van der Waals surface area (Å²) in [4.78, 5) is 27.6. The molecule has 3 saturated carbocycles. The molecule has 3 N–H and O–H groups in total. The summed E-state index contributed by atoms with van der Waals surface area (Å²) < 4.78 is 6.20. The van der Waals surface area contributed by atoms with Crippen molar-refractivity contribution in [1.82, 2.24) is 15.4 Å². The summed E-state index contributed by atoms with van der Waals surface area (Å²) in [5.41, 5.74) is 13.4. The fraction of sp³-hybridized carbons (Fsp3) is 0.581. The van der Waals surface area contributed by atoms with E-state index >= 15 is 0 Å². The van der Waals surface area contributed by atoms with E-state index in [0.29, 0.717) is 36.3 Å². The number of nitrogens with zero attached hydrogens (tertiary/aromatic N) is 3. The Morgan fingerprint density at radius 3 is 2.53 bits per heavy atom. The first kappa shape index (κ1) is 37.3. The third-order valence-corrected chi connectivity index (χ3v) is 12.6. The second-order valence-electron chi connectivity index (χ2n) is 16.6. The predicted molar refractivity (Wildman–Crippen MR) is 206 cm³/mol. The lowest BCUT2D eigenvalue weighted by molar-refractivity contribution is -0.175. The van der Waals surface area contributed by atoms with Gasteiger partial charge in [-0.25, -0.2) is 0 Å². The third-order valence-electron chi connectivity index (χ3n) is 12.6. The van der Waals surface area contributed by atoms with Gasteiger partial charge in [0, 0.05) is 61.3 Å². The van der Waals surface area contributed by atoms with Crippen LogP contribution in [-0.4, -0.2) is 61.9 Å². The van der Waals surface area contributed by atoms with Crippen molar-refractivity contribution in [2.45, 2.75) is 97.9 Å². The van der Waals surface area contributed by atoms with Crippen LogP contribution in [-0.2, 0) is 29.0 Å². The average molecular weight is 696 g/mol. The van der Waals surface area contributed by atoms with Gasteiger partial charge in [-0.3, -0.25) is 14.6 Å². The molecule has 51 heavy (non-hydrogen) atoms. The summed E-state index contributed by atoms with van der Waals surface area (Å²) in [6.07, 6.45) is 8.10. The number of benzene rings is 2. The molecule has 1 aliphatic heterocycles. The fourth-order valence-electron chi connectivity index (χ4n) is 9.51. The summed E-state index contributed by atoms with van der Waals surface area (Å²) in [5, 5.41) is 5.44. The number of aryl methyl sites for hydroxylation is 2. The van der Waals surface area contributed by atoms with E-state index in [9.17, 15) is 4.79 Å². The molecule has 8 nitrogen and oxygen atoms in total. The minimum absolute atomic E-state index is 0.0222. The summed E-state index contributed by atoms with van der Waals surface area (Å²) >= 11 is 0. The number of fused-ring (bicyclic) bond motifs is 2. The highest BCUT2D eigenvalue weighted by molar-refractivity contribution is 5.83. The van der Waals surface area contributed by atoms with Crippen LogP contribution >= 0.6 is 0 Å². The number of anilines is 1. The zero-order chi connectivity index (χ0) is 36.4. The van der Waals surface area contributed by atoms with E-state index in [4.69, 9.17) is 15.3 Å². The van der Waals surface area contributed by atoms with Crippen LogP contribution in [0, 0.1) is 35.0 Å². The van der Waals surface area contributed by atoms with Crippen LogP contribution in [0.5, 0.6) is 5.75 Å². The number of hydroxylamine groups is 2. The quantitative estimate of drug-likeness (QED) is 0.171. The van der Waals surface area contributed by atoms with Crippen LogP contribution in [0.4, 0.5) is 5.69 Å². The van der Waals surface area contributed by atoms with Crippen LogP contribution in [0.15, 0.2) is 60.8 Å². The lowest BCUT2D eigenvalue weighted by Crippen LogP contribution is -2.62. The Morgan fingerprint density at radius 2 is 1.88 bits per heavy atom. The van der Waals surface area contributed by atoms with Gasteiger partial charge in [0.05, 0.1) is 19.8 Å². The molecule has 4 fully saturated rings. The van der Waals surface area contributed by atoms with E-state index in [-0.39, 0.29) is 29.9 Å². The maximum atomic E-state index is 14.4. The molecule has 4 aliphatic rings. The zero-order valence-corrected chi connectivity index (χ0v) is 32.2. The molecule has 2 heterocycles. The van der Waals surface area contributed by atoms with Crippen LogP contribution in [0.2, 0.25) is 0 Å². The molecule has 1 aromatic heterocycles. The summed E-state index contributed by atoms with van der Waals surface area (Å²) in [7, 11) is 5.91. The highest BCUT2D eigenvalue weighted by atomic mass is 16.7. The number of carbonyl (C=O) groups is 1. The molecule has 0 radical (unpaired) electrons. The van der Waals surface area contributed by atoms with Crippen molar-refractivity contribution in [3.8, 4) is 16.9 Å². The molecule has 8 heteroatoms. The normalized spacial score (nSPS) is 26.9. The monoisotopic (exact) mass is 695 g/mol. The molecular weight excluding hydrogens is 635 g/mol. The number of aromatic nitrogens is 1. The van der Waals surface area contributed by atoms with Gasteiger partial charge in [-0.05, 0) is 103 Å². The number of rotatable bonds is 14. The van der Waals surface area contributed by atoms with Gasteiger partial charge in [0.2, 0.25) is 5.91 Å². The van der Waals surface area contributed by atoms with Gasteiger partial charge in [-0.2, -0.15) is 5.06 Å². The number of nitrogens with one attached hydrogen (secondary N) is 1. The number of carbonyl (C=O) groups excluding carboxylic acids is 1. The Bertz CT molecular complexity index is 1640. The van der Waals surface area contributed by atoms with Crippen LogP contribution in [0.25, 0.3) is 11.1 Å². The van der Waals surface area contributed by atoms with E-state index in [1.165, 1.54) is 12.0 Å². The summed E-state index contributed by atoms with van der Waals surface area (Å²) in [6, 6.07) is 19.0. The number of methoxy groups -OCH3 is 1. The van der Waals surface area contributed by atoms with Gasteiger partial charge in [0.1, 0.15) is 11.8 Å². The number of ether oxygens (including phenoxy) is 1. The van der Waals surface area contributed by atoms with E-state index in [1.54, 1.807) is 7.11 Å². The molecule has 2 aromatic carbocycles. The van der Waals surface area contributed by atoms with Crippen molar-refractivity contribution in [3.63, 3.8) is 0 Å². The maximum absolute atomic E-state index is 14.4. The molecule has 276 valence electrons. The first-order valence-electron chi connectivity index (χ1n) is 19.2. The van der Waals surface area contributed by atoms with E-state index in [0.717, 1.165) is 65.9 Å². The second kappa shape index (κ2) is 15.6. The first-order chi connectivity index (χ1) is 24.4. The Balaban J connectivity index is 1.24. The van der Waals surface area contributed by atoms with Crippen LogP contribution in [0.1, 0.15) is 77.1 Å². The molecular formula is C43H61N5O3. The highest BCUT2D eigenvalue weighted by Crippen LogP contribution is 2.61. The molecule has 2 bridgehead atoms. The number of amides is 1. The largest absolute Gasteiger partial charge is 0.496 e. The van der Waals surface area contributed by atoms with Gasteiger partial charge in [-0.15, -0.1) is 0 Å². The minimum atomic E-state index is -0.444. The minimum Gasteiger partial charge on any atom is -0.496 e.